The van der Waals surface area contributed by atoms with Gasteiger partial charge in [0.2, 0.25) is 0 Å². The smallest absolute Gasteiger partial charge is 0.251 e. The zero-order chi connectivity index (χ0) is 16.9. The van der Waals surface area contributed by atoms with Crippen molar-refractivity contribution in [2.45, 2.75) is 19.5 Å². The molecule has 5 heteroatoms. The molecule has 1 aliphatic rings. The molecule has 1 atom stereocenters. The van der Waals surface area contributed by atoms with Crippen molar-refractivity contribution in [2.75, 3.05) is 0 Å². The second-order valence-corrected chi connectivity index (χ2v) is 6.06. The van der Waals surface area contributed by atoms with Gasteiger partial charge in [-0.1, -0.05) is 60.7 Å². The second-order valence-electron chi connectivity index (χ2n) is 5.65. The van der Waals surface area contributed by atoms with Crippen LogP contribution >= 0.6 is 12.2 Å². The van der Waals surface area contributed by atoms with E-state index in [0.717, 1.165) is 16.8 Å². The Morgan fingerprint density at radius 1 is 1.08 bits per heavy atom. The maximum absolute atomic E-state index is 12.8. The lowest BCUT2D eigenvalue weighted by Gasteiger charge is -2.30. The van der Waals surface area contributed by atoms with Crippen LogP contribution in [0.4, 0.5) is 0 Å². The number of hydrogen-bond acceptors (Lipinski definition) is 2. The Labute approximate surface area is 147 Å². The zero-order valence-corrected chi connectivity index (χ0v) is 14.2. The van der Waals surface area contributed by atoms with Gasteiger partial charge in [-0.25, -0.2) is 0 Å². The molecule has 3 N–H and O–H groups in total. The predicted molar refractivity (Wildman–Crippen MR) is 99.0 cm³/mol. The van der Waals surface area contributed by atoms with Crippen LogP contribution in [0.3, 0.4) is 0 Å². The van der Waals surface area contributed by atoms with Crippen LogP contribution in [0.25, 0.3) is 0 Å². The van der Waals surface area contributed by atoms with Gasteiger partial charge in [0.1, 0.15) is 0 Å². The summed E-state index contributed by atoms with van der Waals surface area (Å²) in [5.41, 5.74) is 3.50. The summed E-state index contributed by atoms with van der Waals surface area (Å²) in [6.45, 7) is 2.36. The number of rotatable bonds is 4. The van der Waals surface area contributed by atoms with Crippen molar-refractivity contribution in [3.05, 3.63) is 83.1 Å². The first-order valence-electron chi connectivity index (χ1n) is 7.80. The van der Waals surface area contributed by atoms with Crippen LogP contribution in [0.2, 0.25) is 0 Å². The van der Waals surface area contributed by atoms with Gasteiger partial charge in [-0.05, 0) is 30.3 Å². The third kappa shape index (κ3) is 3.63. The van der Waals surface area contributed by atoms with E-state index in [-0.39, 0.29) is 11.9 Å². The second kappa shape index (κ2) is 7.27. The van der Waals surface area contributed by atoms with Crippen molar-refractivity contribution in [2.24, 2.45) is 0 Å². The molecule has 1 amide bonds. The summed E-state index contributed by atoms with van der Waals surface area (Å²) < 4.78 is 0. The molecule has 0 aromatic heterocycles. The van der Waals surface area contributed by atoms with E-state index < -0.39 is 0 Å². The Kier molecular flexibility index (Phi) is 4.91. The highest BCUT2D eigenvalue weighted by molar-refractivity contribution is 7.80. The van der Waals surface area contributed by atoms with E-state index in [1.54, 1.807) is 0 Å². The van der Waals surface area contributed by atoms with Gasteiger partial charge in [0, 0.05) is 12.2 Å². The number of carbonyl (C=O) groups excluding carboxylic acids is 1. The van der Waals surface area contributed by atoms with Gasteiger partial charge in [-0.15, -0.1) is 0 Å². The minimum absolute atomic E-state index is 0.104. The lowest BCUT2D eigenvalue weighted by Crippen LogP contribution is -2.46. The number of benzene rings is 2. The molecule has 0 saturated heterocycles. The summed E-state index contributed by atoms with van der Waals surface area (Å²) in [5, 5.41) is 9.76. The maximum Gasteiger partial charge on any atom is 0.251 e. The van der Waals surface area contributed by atoms with Crippen LogP contribution in [0.15, 0.2) is 71.9 Å². The number of hydrogen-bond donors (Lipinski definition) is 3. The van der Waals surface area contributed by atoms with Crippen LogP contribution in [0.1, 0.15) is 24.1 Å². The monoisotopic (exact) mass is 337 g/mol. The molecular formula is C19H19N3OS. The van der Waals surface area contributed by atoms with Gasteiger partial charge in [0.05, 0.1) is 11.6 Å². The Morgan fingerprint density at radius 3 is 2.38 bits per heavy atom. The van der Waals surface area contributed by atoms with E-state index in [1.165, 1.54) is 0 Å². The van der Waals surface area contributed by atoms with E-state index in [9.17, 15) is 4.79 Å². The molecule has 0 radical (unpaired) electrons. The summed E-state index contributed by atoms with van der Waals surface area (Å²) >= 11 is 5.25. The van der Waals surface area contributed by atoms with E-state index in [0.29, 0.717) is 17.2 Å². The largest absolute Gasteiger partial charge is 0.351 e. The molecule has 0 saturated carbocycles. The Balaban J connectivity index is 1.83. The number of amides is 1. The molecule has 122 valence electrons. The van der Waals surface area contributed by atoms with Gasteiger partial charge in [0.15, 0.2) is 5.11 Å². The first-order chi connectivity index (χ1) is 11.6. The Hall–Kier alpha value is -2.66. The zero-order valence-electron chi connectivity index (χ0n) is 13.4. The quantitative estimate of drug-likeness (QED) is 0.751. The van der Waals surface area contributed by atoms with Gasteiger partial charge < -0.3 is 16.0 Å². The van der Waals surface area contributed by atoms with Crippen molar-refractivity contribution < 1.29 is 4.79 Å². The molecule has 0 unspecified atom stereocenters. The van der Waals surface area contributed by atoms with Crippen molar-refractivity contribution in [1.82, 2.24) is 16.0 Å². The van der Waals surface area contributed by atoms with Crippen LogP contribution < -0.4 is 16.0 Å². The summed E-state index contributed by atoms with van der Waals surface area (Å²) in [6, 6.07) is 19.4. The minimum atomic E-state index is -0.254. The summed E-state index contributed by atoms with van der Waals surface area (Å²) in [4.78, 5) is 12.8. The molecule has 24 heavy (non-hydrogen) atoms. The first kappa shape index (κ1) is 16.2. The summed E-state index contributed by atoms with van der Waals surface area (Å²) in [6.07, 6.45) is 0. The molecule has 4 nitrogen and oxygen atoms in total. The number of nitrogens with one attached hydrogen (secondary N) is 3. The molecular weight excluding hydrogens is 318 g/mol. The van der Waals surface area contributed by atoms with Crippen LogP contribution in [-0.2, 0) is 11.3 Å². The number of carbonyl (C=O) groups is 1. The normalized spacial score (nSPS) is 17.0. The molecule has 0 bridgehead atoms. The standard InChI is InChI=1S/C19H19N3OS/c1-13-16(18(23)20-12-14-8-4-2-5-9-14)17(22-19(24)21-13)15-10-6-3-7-11-15/h2-11,17H,12H2,1H3,(H,20,23)(H2,21,22,24)/t17-/m1/s1. The van der Waals surface area contributed by atoms with Gasteiger partial charge in [0.25, 0.3) is 5.91 Å². The van der Waals surface area contributed by atoms with Crippen LogP contribution in [0.5, 0.6) is 0 Å². The number of allylic oxidation sites excluding steroid dienone is 1. The van der Waals surface area contributed by atoms with Crippen molar-refractivity contribution in [1.29, 1.82) is 0 Å². The highest BCUT2D eigenvalue weighted by Crippen LogP contribution is 2.26. The average molecular weight is 337 g/mol. The van der Waals surface area contributed by atoms with Gasteiger partial charge >= 0.3 is 0 Å². The van der Waals surface area contributed by atoms with Gasteiger partial charge in [-0.2, -0.15) is 0 Å². The van der Waals surface area contributed by atoms with Crippen LogP contribution in [0, 0.1) is 0 Å². The summed E-state index contributed by atoms with van der Waals surface area (Å²) in [5.74, 6) is -0.104. The lowest BCUT2D eigenvalue weighted by atomic mass is 9.95. The Morgan fingerprint density at radius 2 is 1.71 bits per heavy atom. The van der Waals surface area contributed by atoms with E-state index in [4.69, 9.17) is 12.2 Å². The molecule has 1 heterocycles. The Bertz CT molecular complexity index is 772. The fourth-order valence-corrected chi connectivity index (χ4v) is 3.03. The molecule has 0 spiro atoms. The molecule has 3 rings (SSSR count). The molecule has 1 aliphatic heterocycles. The van der Waals surface area contributed by atoms with Crippen molar-refractivity contribution in [3.63, 3.8) is 0 Å². The topological polar surface area (TPSA) is 53.2 Å². The highest BCUT2D eigenvalue weighted by atomic mass is 32.1. The molecule has 2 aromatic carbocycles. The van der Waals surface area contributed by atoms with E-state index >= 15 is 0 Å². The third-order valence-corrected chi connectivity index (χ3v) is 4.16. The SMILES string of the molecule is CC1=C(C(=O)NCc2ccccc2)[C@@H](c2ccccc2)NC(=S)N1. The lowest BCUT2D eigenvalue weighted by molar-refractivity contribution is -0.118. The highest BCUT2D eigenvalue weighted by Gasteiger charge is 2.29. The minimum Gasteiger partial charge on any atom is -0.351 e. The van der Waals surface area contributed by atoms with E-state index in [2.05, 4.69) is 16.0 Å². The van der Waals surface area contributed by atoms with Crippen molar-refractivity contribution in [3.8, 4) is 0 Å². The van der Waals surface area contributed by atoms with Crippen LogP contribution in [-0.4, -0.2) is 11.0 Å². The van der Waals surface area contributed by atoms with Gasteiger partial charge in [-0.3, -0.25) is 4.79 Å². The molecule has 0 aliphatic carbocycles. The summed E-state index contributed by atoms with van der Waals surface area (Å²) in [7, 11) is 0. The van der Waals surface area contributed by atoms with E-state index in [1.807, 2.05) is 67.6 Å². The molecule has 0 fully saturated rings. The molecule has 2 aromatic rings. The maximum atomic E-state index is 12.8. The fraction of sp³-hybridized carbons (Fsp3) is 0.158. The number of thiocarbonyl (C=S) groups is 1. The predicted octanol–water partition coefficient (Wildman–Crippen LogP) is 2.80. The first-order valence-corrected chi connectivity index (χ1v) is 8.21. The van der Waals surface area contributed by atoms with Crippen molar-refractivity contribution >= 4 is 23.2 Å². The average Bonchev–Trinajstić information content (AvgIpc) is 2.60. The third-order valence-electron chi connectivity index (χ3n) is 3.94. The fourth-order valence-electron chi connectivity index (χ4n) is 2.76.